The number of hydrogen-bond donors (Lipinski definition) is 0. The second kappa shape index (κ2) is 9.69. The summed E-state index contributed by atoms with van der Waals surface area (Å²) in [7, 11) is 0. The number of fused-ring (bicyclic) bond motifs is 5. The molecule has 0 saturated heterocycles. The second-order valence-electron chi connectivity index (χ2n) is 9.19. The Morgan fingerprint density at radius 1 is 0.857 bits per heavy atom. The molecule has 0 spiro atoms. The van der Waals surface area contributed by atoms with Crippen LogP contribution < -0.4 is 10.4 Å². The highest BCUT2D eigenvalue weighted by Crippen LogP contribution is 2.28. The largest absolute Gasteiger partial charge is 0.416 e. The quantitative estimate of drug-likeness (QED) is 0.384. The van der Waals surface area contributed by atoms with Crippen LogP contribution in [-0.4, -0.2) is 6.21 Å². The average Bonchev–Trinajstić information content (AvgIpc) is 3.13. The van der Waals surface area contributed by atoms with Crippen LogP contribution in [0.4, 0.5) is 13.2 Å². The molecule has 0 fully saturated rings. The van der Waals surface area contributed by atoms with E-state index < -0.39 is 11.7 Å². The summed E-state index contributed by atoms with van der Waals surface area (Å²) in [5.74, 6) is 0. The lowest BCUT2D eigenvalue weighted by molar-refractivity contribution is -0.137. The number of nitrogens with zero attached hydrogens (tertiary/aromatic N) is 1. The van der Waals surface area contributed by atoms with Gasteiger partial charge in [0.05, 0.1) is 5.56 Å². The van der Waals surface area contributed by atoms with Crippen molar-refractivity contribution in [1.29, 1.82) is 0 Å². The maximum absolute atomic E-state index is 12.9. The monoisotopic (exact) mass is 471 g/mol. The third kappa shape index (κ3) is 4.75. The first-order valence-corrected chi connectivity index (χ1v) is 12.3. The van der Waals surface area contributed by atoms with Gasteiger partial charge in [0, 0.05) is 18.8 Å². The summed E-state index contributed by atoms with van der Waals surface area (Å²) < 4.78 is 38.8. The van der Waals surface area contributed by atoms with Gasteiger partial charge < -0.3 is 0 Å². The van der Waals surface area contributed by atoms with Crippen LogP contribution in [-0.2, 0) is 25.4 Å². The van der Waals surface area contributed by atoms with E-state index in [2.05, 4.69) is 48.3 Å². The Bertz CT molecular complexity index is 1540. The van der Waals surface area contributed by atoms with E-state index in [9.17, 15) is 13.2 Å². The summed E-state index contributed by atoms with van der Waals surface area (Å²) in [6.45, 7) is 2.20. The van der Waals surface area contributed by atoms with Gasteiger partial charge in [-0.05, 0) is 93.4 Å². The van der Waals surface area contributed by atoms with Crippen molar-refractivity contribution < 1.29 is 13.2 Å². The highest BCUT2D eigenvalue weighted by Gasteiger charge is 2.30. The van der Waals surface area contributed by atoms with E-state index in [0.29, 0.717) is 5.22 Å². The van der Waals surface area contributed by atoms with Crippen LogP contribution >= 0.6 is 0 Å². The number of hydrogen-bond acceptors (Lipinski definition) is 1. The summed E-state index contributed by atoms with van der Waals surface area (Å²) in [6, 6.07) is 16.8. The second-order valence-corrected chi connectivity index (χ2v) is 9.19. The van der Waals surface area contributed by atoms with E-state index in [4.69, 9.17) is 0 Å². The molecule has 1 nitrogen and oxygen atoms in total. The fourth-order valence-electron chi connectivity index (χ4n) is 5.36. The van der Waals surface area contributed by atoms with E-state index in [1.165, 1.54) is 51.6 Å². The van der Waals surface area contributed by atoms with Gasteiger partial charge in [0.25, 0.3) is 0 Å². The van der Waals surface area contributed by atoms with Crippen molar-refractivity contribution in [2.75, 3.05) is 0 Å². The molecule has 6 rings (SSSR count). The van der Waals surface area contributed by atoms with Crippen molar-refractivity contribution in [3.05, 3.63) is 109 Å². The smallest absolute Gasteiger partial charge is 0.269 e. The molecule has 0 saturated carbocycles. The Morgan fingerprint density at radius 2 is 1.66 bits per heavy atom. The summed E-state index contributed by atoms with van der Waals surface area (Å²) in [5, 5.41) is 4.12. The average molecular weight is 472 g/mol. The minimum atomic E-state index is -4.29. The highest BCUT2D eigenvalue weighted by molar-refractivity contribution is 5.69. The Balaban J connectivity index is 0.000000192. The van der Waals surface area contributed by atoms with Crippen LogP contribution in [0.2, 0.25) is 0 Å². The molecule has 0 atom stereocenters. The predicted octanol–water partition coefficient (Wildman–Crippen LogP) is 6.51. The molecule has 1 aliphatic heterocycles. The van der Waals surface area contributed by atoms with Crippen molar-refractivity contribution in [3.63, 3.8) is 0 Å². The number of rotatable bonds is 1. The fourth-order valence-corrected chi connectivity index (χ4v) is 5.36. The zero-order valence-electron chi connectivity index (χ0n) is 19.8. The van der Waals surface area contributed by atoms with Gasteiger partial charge in [0.2, 0.25) is 0 Å². The number of halogens is 3. The van der Waals surface area contributed by atoms with Gasteiger partial charge in [-0.1, -0.05) is 61.0 Å². The van der Waals surface area contributed by atoms with E-state index in [1.54, 1.807) is 6.07 Å². The van der Waals surface area contributed by atoms with Gasteiger partial charge in [-0.2, -0.15) is 13.2 Å². The topological polar surface area (TPSA) is 12.4 Å². The summed E-state index contributed by atoms with van der Waals surface area (Å²) in [5.41, 5.74) is 6.30. The van der Waals surface area contributed by atoms with Gasteiger partial charge in [0.15, 0.2) is 0 Å². The zero-order valence-corrected chi connectivity index (χ0v) is 19.8. The van der Waals surface area contributed by atoms with Crippen LogP contribution in [0.25, 0.3) is 17.7 Å². The van der Waals surface area contributed by atoms with Gasteiger partial charge in [-0.25, -0.2) is 0 Å². The van der Waals surface area contributed by atoms with Crippen molar-refractivity contribution in [3.8, 4) is 0 Å². The van der Waals surface area contributed by atoms with Crippen molar-refractivity contribution in [1.82, 2.24) is 0 Å². The SMILES string of the molecule is C1=Cc2ccccc2CC=N1.CCC1=c2ccc3c(c2CCC1)CC=c1cc(C(F)(F)F)ccc1=3. The van der Waals surface area contributed by atoms with Gasteiger partial charge in [-0.3, -0.25) is 4.99 Å². The molecule has 3 aliphatic rings. The van der Waals surface area contributed by atoms with Crippen molar-refractivity contribution in [2.24, 2.45) is 4.99 Å². The number of alkyl halides is 3. The van der Waals surface area contributed by atoms with Crippen LogP contribution in [0.1, 0.15) is 54.0 Å². The van der Waals surface area contributed by atoms with E-state index in [-0.39, 0.29) is 0 Å². The summed E-state index contributed by atoms with van der Waals surface area (Å²) in [6.07, 6.45) is 9.63. The molecule has 0 aromatic heterocycles. The lowest BCUT2D eigenvalue weighted by Crippen LogP contribution is -2.23. The molecule has 0 amide bonds. The first-order valence-electron chi connectivity index (χ1n) is 12.3. The minimum absolute atomic E-state index is 0.569. The van der Waals surface area contributed by atoms with Gasteiger partial charge >= 0.3 is 6.18 Å². The molecular weight excluding hydrogens is 443 g/mol. The third-order valence-corrected chi connectivity index (χ3v) is 7.15. The standard InChI is InChI=1S/C21H19F3.C10H9N/c1-2-13-4-3-5-18-16(13)10-11-19-17-9-7-15(21(22,23)24)12-14(17)6-8-20(18)19;1-2-4-10-6-8-11-7-5-9(10)3-1/h6-7,9-12H,2-5,8H2,1H3;1-5,7-8H,6H2. The first kappa shape index (κ1) is 23.3. The molecule has 4 heteroatoms. The van der Waals surface area contributed by atoms with Crippen LogP contribution in [0.15, 0.2) is 65.8 Å². The molecule has 3 aromatic rings. The lowest BCUT2D eigenvalue weighted by atomic mass is 9.85. The molecule has 35 heavy (non-hydrogen) atoms. The summed E-state index contributed by atoms with van der Waals surface area (Å²) >= 11 is 0. The molecule has 2 aliphatic carbocycles. The van der Waals surface area contributed by atoms with Gasteiger partial charge in [0.1, 0.15) is 0 Å². The van der Waals surface area contributed by atoms with Crippen molar-refractivity contribution >= 4 is 23.9 Å². The zero-order chi connectivity index (χ0) is 24.4. The van der Waals surface area contributed by atoms with E-state index in [1.807, 2.05) is 24.6 Å². The Morgan fingerprint density at radius 3 is 2.49 bits per heavy atom. The molecule has 0 N–H and O–H groups in total. The Labute approximate surface area is 203 Å². The van der Waals surface area contributed by atoms with Gasteiger partial charge in [-0.15, -0.1) is 0 Å². The first-order chi connectivity index (χ1) is 17.0. The van der Waals surface area contributed by atoms with E-state index >= 15 is 0 Å². The van der Waals surface area contributed by atoms with Crippen molar-refractivity contribution in [2.45, 2.75) is 51.6 Å². The maximum atomic E-state index is 12.9. The Hall–Kier alpha value is -3.40. The number of benzene rings is 3. The van der Waals surface area contributed by atoms with Crippen LogP contribution in [0.3, 0.4) is 0 Å². The summed E-state index contributed by atoms with van der Waals surface area (Å²) in [4.78, 5) is 4.08. The molecule has 0 radical (unpaired) electrons. The number of aliphatic imine (C=N–C) groups is 1. The van der Waals surface area contributed by atoms with Crippen LogP contribution in [0.5, 0.6) is 0 Å². The molecule has 0 bridgehead atoms. The molecule has 0 unspecified atom stereocenters. The molecule has 1 heterocycles. The highest BCUT2D eigenvalue weighted by atomic mass is 19.4. The Kier molecular flexibility index (Phi) is 6.46. The molecular formula is C31H28F3N. The normalized spacial score (nSPS) is 15.5. The molecule has 3 aromatic carbocycles. The predicted molar refractivity (Wildman–Crippen MR) is 137 cm³/mol. The van der Waals surface area contributed by atoms with E-state index in [0.717, 1.165) is 42.5 Å². The van der Waals surface area contributed by atoms with Crippen LogP contribution in [0, 0.1) is 10.4 Å². The fraction of sp³-hybridized carbons (Fsp3) is 0.258. The third-order valence-electron chi connectivity index (χ3n) is 7.15. The maximum Gasteiger partial charge on any atom is 0.416 e. The molecule has 178 valence electrons. The minimum Gasteiger partial charge on any atom is -0.269 e. The lowest BCUT2D eigenvalue weighted by Gasteiger charge is -2.20.